The number of nitrogens with zero attached hydrogens (tertiary/aromatic N) is 3. The Labute approximate surface area is 165 Å². The monoisotopic (exact) mass is 383 g/mol. The van der Waals surface area contributed by atoms with E-state index in [1.807, 2.05) is 42.2 Å². The molecule has 148 valence electrons. The molecule has 2 aromatic rings. The van der Waals surface area contributed by atoms with Gasteiger partial charge in [0, 0.05) is 39.6 Å². The van der Waals surface area contributed by atoms with Crippen molar-refractivity contribution in [3.63, 3.8) is 0 Å². The van der Waals surface area contributed by atoms with E-state index < -0.39 is 0 Å². The van der Waals surface area contributed by atoms with Crippen LogP contribution in [0.1, 0.15) is 18.1 Å². The van der Waals surface area contributed by atoms with Crippen molar-refractivity contribution in [2.24, 2.45) is 0 Å². The van der Waals surface area contributed by atoms with Crippen molar-refractivity contribution in [2.45, 2.75) is 20.4 Å². The number of carbonyl (C=O) groups is 2. The van der Waals surface area contributed by atoms with E-state index in [2.05, 4.69) is 0 Å². The van der Waals surface area contributed by atoms with E-state index in [1.54, 1.807) is 21.9 Å². The van der Waals surface area contributed by atoms with Gasteiger partial charge in [0.2, 0.25) is 11.8 Å². The van der Waals surface area contributed by atoms with Gasteiger partial charge in [-0.2, -0.15) is 0 Å². The van der Waals surface area contributed by atoms with Crippen LogP contribution in [0.2, 0.25) is 0 Å². The minimum atomic E-state index is -0.247. The Morgan fingerprint density at radius 3 is 2.29 bits per heavy atom. The Morgan fingerprint density at radius 2 is 1.64 bits per heavy atom. The quantitative estimate of drug-likeness (QED) is 0.798. The first-order valence-electron chi connectivity index (χ1n) is 9.53. The number of amides is 2. The lowest BCUT2D eigenvalue weighted by atomic mass is 10.1. The van der Waals surface area contributed by atoms with Gasteiger partial charge in [0.05, 0.1) is 5.69 Å². The Morgan fingerprint density at radius 1 is 1.00 bits per heavy atom. The van der Waals surface area contributed by atoms with E-state index in [0.29, 0.717) is 38.4 Å². The van der Waals surface area contributed by atoms with Crippen LogP contribution in [-0.4, -0.2) is 54.3 Å². The minimum Gasteiger partial charge on any atom is -0.366 e. The fraction of sp³-hybridized carbons (Fsp3) is 0.364. The van der Waals surface area contributed by atoms with Gasteiger partial charge in [0.1, 0.15) is 12.4 Å². The van der Waals surface area contributed by atoms with Crippen LogP contribution in [0.5, 0.6) is 0 Å². The molecule has 0 unspecified atom stereocenters. The average molecular weight is 383 g/mol. The van der Waals surface area contributed by atoms with Gasteiger partial charge in [0.15, 0.2) is 0 Å². The molecule has 0 spiro atoms. The lowest BCUT2D eigenvalue weighted by Gasteiger charge is -2.37. The highest BCUT2D eigenvalue weighted by molar-refractivity contribution is 5.84. The molecular weight excluding hydrogens is 357 g/mol. The maximum Gasteiger partial charge on any atom is 0.242 e. The van der Waals surface area contributed by atoms with Crippen LogP contribution in [0.15, 0.2) is 48.5 Å². The van der Waals surface area contributed by atoms with Crippen molar-refractivity contribution in [3.05, 3.63) is 65.5 Å². The second-order valence-electron chi connectivity index (χ2n) is 7.12. The molecule has 2 aromatic carbocycles. The van der Waals surface area contributed by atoms with Crippen molar-refractivity contribution in [1.29, 1.82) is 0 Å². The molecule has 28 heavy (non-hydrogen) atoms. The number of carbonyl (C=O) groups excluding carboxylic acids is 2. The summed E-state index contributed by atoms with van der Waals surface area (Å²) in [7, 11) is 0. The van der Waals surface area contributed by atoms with Crippen LogP contribution in [0.25, 0.3) is 0 Å². The second kappa shape index (κ2) is 8.87. The molecule has 0 N–H and O–H groups in total. The Kier molecular flexibility index (Phi) is 6.29. The molecule has 1 aliphatic heterocycles. The Bertz CT molecular complexity index is 847. The van der Waals surface area contributed by atoms with Gasteiger partial charge >= 0.3 is 0 Å². The molecule has 0 atom stereocenters. The van der Waals surface area contributed by atoms with E-state index in [0.717, 1.165) is 11.1 Å². The van der Waals surface area contributed by atoms with Gasteiger partial charge in [0.25, 0.3) is 0 Å². The smallest absolute Gasteiger partial charge is 0.242 e. The molecule has 3 rings (SSSR count). The van der Waals surface area contributed by atoms with Gasteiger partial charge in [-0.05, 0) is 30.2 Å². The van der Waals surface area contributed by atoms with Crippen LogP contribution in [-0.2, 0) is 16.1 Å². The second-order valence-corrected chi connectivity index (χ2v) is 7.12. The first-order valence-corrected chi connectivity index (χ1v) is 9.53. The number of hydrogen-bond donors (Lipinski definition) is 0. The summed E-state index contributed by atoms with van der Waals surface area (Å²) in [5, 5.41) is 0. The lowest BCUT2D eigenvalue weighted by molar-refractivity contribution is -0.140. The Hall–Kier alpha value is -2.89. The zero-order chi connectivity index (χ0) is 20.1. The highest BCUT2D eigenvalue weighted by Gasteiger charge is 2.25. The molecule has 0 aromatic heterocycles. The fourth-order valence-corrected chi connectivity index (χ4v) is 3.44. The Balaban J connectivity index is 1.59. The van der Waals surface area contributed by atoms with Gasteiger partial charge in [-0.1, -0.05) is 36.4 Å². The number of para-hydroxylation sites is 1. The number of hydrogen-bond acceptors (Lipinski definition) is 3. The third-order valence-corrected chi connectivity index (χ3v) is 5.22. The standard InChI is InChI=1S/C22H26FN3O2/c1-17-7-3-4-8-19(17)15-26(18(2)27)16-22(28)25-13-11-24(12-14-25)21-10-6-5-9-20(21)23/h3-10H,11-16H2,1-2H3. The third kappa shape index (κ3) is 4.68. The zero-order valence-corrected chi connectivity index (χ0v) is 16.4. The molecule has 5 nitrogen and oxygen atoms in total. The summed E-state index contributed by atoms with van der Waals surface area (Å²) in [6, 6.07) is 14.5. The van der Waals surface area contributed by atoms with Crippen molar-refractivity contribution in [1.82, 2.24) is 9.80 Å². The topological polar surface area (TPSA) is 43.9 Å². The highest BCUT2D eigenvalue weighted by Crippen LogP contribution is 2.20. The first kappa shape index (κ1) is 19.9. The maximum atomic E-state index is 14.0. The van der Waals surface area contributed by atoms with E-state index >= 15 is 0 Å². The summed E-state index contributed by atoms with van der Waals surface area (Å²) < 4.78 is 14.0. The SMILES string of the molecule is CC(=O)N(CC(=O)N1CCN(c2ccccc2F)CC1)Cc1ccccc1C. The van der Waals surface area contributed by atoms with Crippen molar-refractivity contribution in [2.75, 3.05) is 37.6 Å². The largest absolute Gasteiger partial charge is 0.366 e. The molecular formula is C22H26FN3O2. The number of piperazine rings is 1. The van der Waals surface area contributed by atoms with Crippen LogP contribution in [0.4, 0.5) is 10.1 Å². The van der Waals surface area contributed by atoms with Gasteiger partial charge < -0.3 is 14.7 Å². The summed E-state index contributed by atoms with van der Waals surface area (Å²) in [4.78, 5) is 30.1. The molecule has 6 heteroatoms. The minimum absolute atomic E-state index is 0.0589. The summed E-state index contributed by atoms with van der Waals surface area (Å²) >= 11 is 0. The summed E-state index contributed by atoms with van der Waals surface area (Å²) in [5.41, 5.74) is 2.70. The number of halogens is 1. The van der Waals surface area contributed by atoms with Gasteiger partial charge in [-0.15, -0.1) is 0 Å². The van der Waals surface area contributed by atoms with E-state index in [9.17, 15) is 14.0 Å². The summed E-state index contributed by atoms with van der Waals surface area (Å²) in [6.45, 7) is 6.15. The zero-order valence-electron chi connectivity index (χ0n) is 16.4. The molecule has 1 aliphatic rings. The normalized spacial score (nSPS) is 14.1. The first-order chi connectivity index (χ1) is 13.5. The third-order valence-electron chi connectivity index (χ3n) is 5.22. The summed E-state index contributed by atoms with van der Waals surface area (Å²) in [5.74, 6) is -0.443. The number of aryl methyl sites for hydroxylation is 1. The van der Waals surface area contributed by atoms with Crippen LogP contribution in [0.3, 0.4) is 0 Å². The fourth-order valence-electron chi connectivity index (χ4n) is 3.44. The van der Waals surface area contributed by atoms with E-state index in [1.165, 1.54) is 13.0 Å². The lowest BCUT2D eigenvalue weighted by Crippen LogP contribution is -2.51. The molecule has 0 bridgehead atoms. The predicted molar refractivity (Wildman–Crippen MR) is 107 cm³/mol. The van der Waals surface area contributed by atoms with Crippen molar-refractivity contribution in [3.8, 4) is 0 Å². The number of anilines is 1. The maximum absolute atomic E-state index is 14.0. The number of benzene rings is 2. The average Bonchev–Trinajstić information content (AvgIpc) is 2.69. The molecule has 1 saturated heterocycles. The molecule has 0 aliphatic carbocycles. The molecule has 0 saturated carbocycles. The van der Waals surface area contributed by atoms with Gasteiger partial charge in [-0.25, -0.2) is 4.39 Å². The molecule has 1 heterocycles. The molecule has 0 radical (unpaired) electrons. The van der Waals surface area contributed by atoms with Crippen molar-refractivity contribution < 1.29 is 14.0 Å². The van der Waals surface area contributed by atoms with Crippen LogP contribution in [0, 0.1) is 12.7 Å². The number of rotatable bonds is 5. The molecule has 1 fully saturated rings. The summed E-state index contributed by atoms with van der Waals surface area (Å²) in [6.07, 6.45) is 0. The van der Waals surface area contributed by atoms with E-state index in [-0.39, 0.29) is 24.2 Å². The van der Waals surface area contributed by atoms with Crippen LogP contribution < -0.4 is 4.90 Å². The highest BCUT2D eigenvalue weighted by atomic mass is 19.1. The molecule has 2 amide bonds. The van der Waals surface area contributed by atoms with Gasteiger partial charge in [-0.3, -0.25) is 9.59 Å². The van der Waals surface area contributed by atoms with Crippen LogP contribution >= 0.6 is 0 Å². The van der Waals surface area contributed by atoms with Crippen molar-refractivity contribution >= 4 is 17.5 Å². The van der Waals surface area contributed by atoms with E-state index in [4.69, 9.17) is 0 Å². The predicted octanol–water partition coefficient (Wildman–Crippen LogP) is 2.83.